The number of carbonyl (C=O) groups excluding carboxylic acids is 1. The zero-order valence-corrected chi connectivity index (χ0v) is 12.4. The van der Waals surface area contributed by atoms with E-state index in [1.807, 2.05) is 7.05 Å². The smallest absolute Gasteiger partial charge is 0.182 e. The molecule has 0 aliphatic heterocycles. The number of ketones is 1. The van der Waals surface area contributed by atoms with Gasteiger partial charge in [-0.15, -0.1) is 0 Å². The molecule has 1 aromatic rings. The zero-order chi connectivity index (χ0) is 14.6. The second-order valence-electron chi connectivity index (χ2n) is 6.06. The molecule has 0 spiro atoms. The minimum Gasteiger partial charge on any atom is -0.303 e. The topological polar surface area (TPSA) is 33.2 Å². The molecule has 1 atom stereocenters. The van der Waals surface area contributed by atoms with Crippen molar-refractivity contribution in [3.63, 3.8) is 0 Å². The number of rotatable bonds is 5. The highest BCUT2D eigenvalue weighted by Crippen LogP contribution is 2.23. The molecule has 0 radical (unpaired) electrons. The van der Waals surface area contributed by atoms with E-state index < -0.39 is 5.82 Å². The number of aromatic nitrogens is 1. The average molecular weight is 266 g/mol. The SMILES string of the molecule is CC(N(C)CCC(=O)c1ccc(F)cn1)C(C)(C)C. The fraction of sp³-hybridized carbons (Fsp3) is 0.600. The van der Waals surface area contributed by atoms with E-state index in [1.165, 1.54) is 12.1 Å². The Kier molecular flexibility index (Phi) is 5.18. The number of halogens is 1. The Labute approximate surface area is 114 Å². The number of hydrogen-bond acceptors (Lipinski definition) is 3. The Balaban J connectivity index is 2.53. The first-order valence-corrected chi connectivity index (χ1v) is 6.57. The Morgan fingerprint density at radius 3 is 2.53 bits per heavy atom. The van der Waals surface area contributed by atoms with E-state index in [1.54, 1.807) is 0 Å². The van der Waals surface area contributed by atoms with Crippen LogP contribution in [0.5, 0.6) is 0 Å². The van der Waals surface area contributed by atoms with Gasteiger partial charge in [0.25, 0.3) is 0 Å². The number of nitrogens with zero attached hydrogens (tertiary/aromatic N) is 2. The van der Waals surface area contributed by atoms with Gasteiger partial charge in [-0.2, -0.15) is 0 Å². The maximum absolute atomic E-state index is 12.7. The second-order valence-corrected chi connectivity index (χ2v) is 6.06. The molecule has 4 heteroatoms. The van der Waals surface area contributed by atoms with Crippen LogP contribution in [0.25, 0.3) is 0 Å². The predicted molar refractivity (Wildman–Crippen MR) is 74.7 cm³/mol. The summed E-state index contributed by atoms with van der Waals surface area (Å²) < 4.78 is 12.7. The van der Waals surface area contributed by atoms with E-state index in [0.29, 0.717) is 24.7 Å². The summed E-state index contributed by atoms with van der Waals surface area (Å²) in [7, 11) is 2.02. The Morgan fingerprint density at radius 1 is 1.42 bits per heavy atom. The highest BCUT2D eigenvalue weighted by atomic mass is 19.1. The van der Waals surface area contributed by atoms with Crippen molar-refractivity contribution in [3.8, 4) is 0 Å². The third-order valence-corrected chi connectivity index (χ3v) is 3.62. The molecule has 1 heterocycles. The molecule has 0 aromatic carbocycles. The molecule has 0 saturated heterocycles. The maximum Gasteiger partial charge on any atom is 0.182 e. The van der Waals surface area contributed by atoms with E-state index in [-0.39, 0.29) is 11.2 Å². The summed E-state index contributed by atoms with van der Waals surface area (Å²) in [6, 6.07) is 3.08. The summed E-state index contributed by atoms with van der Waals surface area (Å²) in [6.45, 7) is 9.36. The van der Waals surface area contributed by atoms with Crippen LogP contribution in [0.1, 0.15) is 44.6 Å². The molecule has 19 heavy (non-hydrogen) atoms. The van der Waals surface area contributed by atoms with Gasteiger partial charge in [0, 0.05) is 19.0 Å². The molecule has 1 rings (SSSR count). The second kappa shape index (κ2) is 6.24. The lowest BCUT2D eigenvalue weighted by atomic mass is 9.87. The van der Waals surface area contributed by atoms with Gasteiger partial charge in [-0.1, -0.05) is 20.8 Å². The molecular formula is C15H23FN2O. The monoisotopic (exact) mass is 266 g/mol. The van der Waals surface area contributed by atoms with Crippen molar-refractivity contribution in [1.29, 1.82) is 0 Å². The van der Waals surface area contributed by atoms with Gasteiger partial charge in [0.05, 0.1) is 6.20 Å². The number of pyridine rings is 1. The third-order valence-electron chi connectivity index (χ3n) is 3.62. The fourth-order valence-corrected chi connectivity index (χ4v) is 1.80. The van der Waals surface area contributed by atoms with Crippen LogP contribution >= 0.6 is 0 Å². The Hall–Kier alpha value is -1.29. The molecule has 0 amide bonds. The van der Waals surface area contributed by atoms with Crippen LogP contribution in [0.3, 0.4) is 0 Å². The zero-order valence-electron chi connectivity index (χ0n) is 12.4. The first-order valence-electron chi connectivity index (χ1n) is 6.57. The van der Waals surface area contributed by atoms with Crippen molar-refractivity contribution in [1.82, 2.24) is 9.88 Å². The molecule has 1 aromatic heterocycles. The summed E-state index contributed by atoms with van der Waals surface area (Å²) in [4.78, 5) is 17.9. The van der Waals surface area contributed by atoms with Crippen molar-refractivity contribution >= 4 is 5.78 Å². The van der Waals surface area contributed by atoms with Crippen LogP contribution < -0.4 is 0 Å². The summed E-state index contributed by atoms with van der Waals surface area (Å²) in [5, 5.41) is 0. The molecule has 0 aliphatic rings. The van der Waals surface area contributed by atoms with Gasteiger partial charge < -0.3 is 4.90 Å². The van der Waals surface area contributed by atoms with Crippen LogP contribution in [-0.4, -0.2) is 35.3 Å². The molecule has 0 bridgehead atoms. The molecular weight excluding hydrogens is 243 g/mol. The highest BCUT2D eigenvalue weighted by molar-refractivity contribution is 5.94. The van der Waals surface area contributed by atoms with Gasteiger partial charge in [0.2, 0.25) is 0 Å². The van der Waals surface area contributed by atoms with Crippen LogP contribution in [0.4, 0.5) is 4.39 Å². The van der Waals surface area contributed by atoms with E-state index in [9.17, 15) is 9.18 Å². The lowest BCUT2D eigenvalue weighted by molar-refractivity contribution is 0.0923. The molecule has 0 N–H and O–H groups in total. The van der Waals surface area contributed by atoms with Gasteiger partial charge >= 0.3 is 0 Å². The lowest BCUT2D eigenvalue weighted by Crippen LogP contribution is -2.40. The Bertz CT molecular complexity index is 423. The summed E-state index contributed by atoms with van der Waals surface area (Å²) >= 11 is 0. The summed E-state index contributed by atoms with van der Waals surface area (Å²) in [6.07, 6.45) is 1.48. The van der Waals surface area contributed by atoms with Gasteiger partial charge in [-0.25, -0.2) is 4.39 Å². The number of hydrogen-bond donors (Lipinski definition) is 0. The van der Waals surface area contributed by atoms with Gasteiger partial charge in [0.15, 0.2) is 5.78 Å². The molecule has 1 unspecified atom stereocenters. The summed E-state index contributed by atoms with van der Waals surface area (Å²) in [5.74, 6) is -0.469. The maximum atomic E-state index is 12.7. The first kappa shape index (κ1) is 15.8. The quantitative estimate of drug-likeness (QED) is 0.768. The van der Waals surface area contributed by atoms with E-state index >= 15 is 0 Å². The van der Waals surface area contributed by atoms with Gasteiger partial charge in [0.1, 0.15) is 11.5 Å². The van der Waals surface area contributed by atoms with Crippen LogP contribution in [-0.2, 0) is 0 Å². The average Bonchev–Trinajstić information content (AvgIpc) is 2.34. The Morgan fingerprint density at radius 2 is 2.05 bits per heavy atom. The molecule has 106 valence electrons. The summed E-state index contributed by atoms with van der Waals surface area (Å²) in [5.41, 5.74) is 0.504. The predicted octanol–water partition coefficient (Wildman–Crippen LogP) is 3.16. The van der Waals surface area contributed by atoms with Gasteiger partial charge in [-0.3, -0.25) is 9.78 Å². The molecule has 3 nitrogen and oxygen atoms in total. The van der Waals surface area contributed by atoms with E-state index in [2.05, 4.69) is 37.6 Å². The number of Topliss-reactive ketones (excluding diaryl/α,β-unsaturated/α-hetero) is 1. The van der Waals surface area contributed by atoms with Crippen molar-refractivity contribution in [2.45, 2.75) is 40.2 Å². The standard InChI is InChI=1S/C15H23FN2O/c1-11(15(2,3)4)18(5)9-8-14(19)13-7-6-12(16)10-17-13/h6-7,10-11H,8-9H2,1-5H3. The first-order chi connectivity index (χ1) is 8.71. The minimum atomic E-state index is -0.421. The lowest BCUT2D eigenvalue weighted by Gasteiger charge is -2.35. The normalized spacial score (nSPS) is 13.6. The molecule has 0 saturated carbocycles. The van der Waals surface area contributed by atoms with Crippen LogP contribution in [0.15, 0.2) is 18.3 Å². The van der Waals surface area contributed by atoms with Crippen LogP contribution in [0.2, 0.25) is 0 Å². The molecule has 0 aliphatic carbocycles. The van der Waals surface area contributed by atoms with Crippen molar-refractivity contribution in [2.75, 3.05) is 13.6 Å². The minimum absolute atomic E-state index is 0.0482. The largest absolute Gasteiger partial charge is 0.303 e. The van der Waals surface area contributed by atoms with Crippen LogP contribution in [0, 0.1) is 11.2 Å². The van der Waals surface area contributed by atoms with Crippen molar-refractivity contribution in [2.24, 2.45) is 5.41 Å². The van der Waals surface area contributed by atoms with E-state index in [0.717, 1.165) is 6.20 Å². The number of carbonyl (C=O) groups is 1. The highest BCUT2D eigenvalue weighted by Gasteiger charge is 2.24. The molecule has 0 fully saturated rings. The van der Waals surface area contributed by atoms with Gasteiger partial charge in [-0.05, 0) is 31.5 Å². The van der Waals surface area contributed by atoms with E-state index in [4.69, 9.17) is 0 Å². The fourth-order valence-electron chi connectivity index (χ4n) is 1.80. The van der Waals surface area contributed by atoms with Crippen molar-refractivity contribution < 1.29 is 9.18 Å². The van der Waals surface area contributed by atoms with Crippen molar-refractivity contribution in [3.05, 3.63) is 29.8 Å². The third kappa shape index (κ3) is 4.71.